The molecule has 0 aliphatic heterocycles. The second-order valence-corrected chi connectivity index (χ2v) is 5.14. The lowest BCUT2D eigenvalue weighted by atomic mass is 10.00. The van der Waals surface area contributed by atoms with Gasteiger partial charge in [0.2, 0.25) is 5.88 Å². The molecule has 18 heavy (non-hydrogen) atoms. The third-order valence-electron chi connectivity index (χ3n) is 4.04. The summed E-state index contributed by atoms with van der Waals surface area (Å²) in [6.07, 6.45) is 4.19. The Morgan fingerprint density at radius 2 is 2.00 bits per heavy atom. The maximum atomic E-state index is 12.1. The Bertz CT molecular complexity index is 663. The summed E-state index contributed by atoms with van der Waals surface area (Å²) >= 11 is 0. The fraction of sp³-hybridized carbons (Fsp3) is 0.538. The molecule has 1 aliphatic rings. The Hall–Kier alpha value is -1.78. The molecular weight excluding hydrogens is 230 g/mol. The summed E-state index contributed by atoms with van der Waals surface area (Å²) in [5, 5.41) is 14.6. The zero-order chi connectivity index (χ0) is 12.9. The minimum absolute atomic E-state index is 0.0110. The number of aromatic amines is 1. The van der Waals surface area contributed by atoms with Gasteiger partial charge in [-0.15, -0.1) is 0 Å². The van der Waals surface area contributed by atoms with E-state index in [1.165, 1.54) is 4.52 Å². The molecule has 0 radical (unpaired) electrons. The molecule has 0 aromatic carbocycles. The van der Waals surface area contributed by atoms with Gasteiger partial charge in [0.1, 0.15) is 5.65 Å². The zero-order valence-corrected chi connectivity index (χ0v) is 10.7. The van der Waals surface area contributed by atoms with E-state index in [1.54, 1.807) is 0 Å². The van der Waals surface area contributed by atoms with Crippen molar-refractivity contribution in [2.45, 2.75) is 45.4 Å². The number of aromatic hydroxyl groups is 1. The van der Waals surface area contributed by atoms with Crippen LogP contribution in [0.2, 0.25) is 0 Å². The van der Waals surface area contributed by atoms with Crippen molar-refractivity contribution in [3.8, 4) is 5.88 Å². The van der Waals surface area contributed by atoms with Crippen molar-refractivity contribution in [1.29, 1.82) is 0 Å². The van der Waals surface area contributed by atoms with Crippen molar-refractivity contribution < 1.29 is 5.11 Å². The fourth-order valence-electron chi connectivity index (χ4n) is 2.88. The van der Waals surface area contributed by atoms with E-state index < -0.39 is 0 Å². The predicted molar refractivity (Wildman–Crippen MR) is 68.2 cm³/mol. The third-order valence-corrected chi connectivity index (χ3v) is 4.04. The fourth-order valence-corrected chi connectivity index (χ4v) is 2.88. The summed E-state index contributed by atoms with van der Waals surface area (Å²) in [5.41, 5.74) is 2.65. The molecule has 2 aromatic heterocycles. The molecule has 0 bridgehead atoms. The van der Waals surface area contributed by atoms with Crippen LogP contribution in [0.1, 0.15) is 48.4 Å². The molecule has 1 fully saturated rings. The summed E-state index contributed by atoms with van der Waals surface area (Å²) in [5.74, 6) is 0.180. The lowest BCUT2D eigenvalue weighted by Gasteiger charge is -2.11. The highest BCUT2D eigenvalue weighted by molar-refractivity contribution is 5.52. The standard InChI is InChI=1S/C13H17N3O2/c1-7-8(2)15-16-11(7)14-12(17)10(13(16)18)9-5-3-4-6-9/h9,18H,3-6H2,1-2H3,(H,14,17). The van der Waals surface area contributed by atoms with Gasteiger partial charge in [0.05, 0.1) is 11.3 Å². The Morgan fingerprint density at radius 3 is 2.67 bits per heavy atom. The summed E-state index contributed by atoms with van der Waals surface area (Å²) in [6.45, 7) is 3.76. The number of H-pyrrole nitrogens is 1. The van der Waals surface area contributed by atoms with Gasteiger partial charge in [0, 0.05) is 5.56 Å². The van der Waals surface area contributed by atoms with Crippen molar-refractivity contribution in [2.24, 2.45) is 0 Å². The van der Waals surface area contributed by atoms with E-state index in [0.717, 1.165) is 36.9 Å². The van der Waals surface area contributed by atoms with E-state index in [4.69, 9.17) is 0 Å². The molecule has 5 nitrogen and oxygen atoms in total. The second-order valence-electron chi connectivity index (χ2n) is 5.14. The van der Waals surface area contributed by atoms with Crippen LogP contribution in [-0.4, -0.2) is 19.7 Å². The number of aromatic nitrogens is 3. The summed E-state index contributed by atoms with van der Waals surface area (Å²) in [6, 6.07) is 0. The Labute approximate surface area is 104 Å². The van der Waals surface area contributed by atoms with Gasteiger partial charge in [-0.25, -0.2) is 0 Å². The number of nitrogens with zero attached hydrogens (tertiary/aromatic N) is 2. The van der Waals surface area contributed by atoms with Crippen molar-refractivity contribution in [1.82, 2.24) is 14.6 Å². The molecule has 3 rings (SSSR count). The van der Waals surface area contributed by atoms with Crippen LogP contribution in [0.4, 0.5) is 0 Å². The summed E-state index contributed by atoms with van der Waals surface area (Å²) in [4.78, 5) is 15.0. The number of hydrogen-bond donors (Lipinski definition) is 2. The van der Waals surface area contributed by atoms with Crippen LogP contribution in [0.25, 0.3) is 5.65 Å². The summed E-state index contributed by atoms with van der Waals surface area (Å²) < 4.78 is 1.46. The zero-order valence-electron chi connectivity index (χ0n) is 10.7. The SMILES string of the molecule is Cc1nn2c(O)c(C3CCCC3)c(=O)[nH]c2c1C. The van der Waals surface area contributed by atoms with E-state index >= 15 is 0 Å². The largest absolute Gasteiger partial charge is 0.493 e. The van der Waals surface area contributed by atoms with Gasteiger partial charge in [-0.2, -0.15) is 9.61 Å². The molecule has 1 aliphatic carbocycles. The van der Waals surface area contributed by atoms with Crippen molar-refractivity contribution in [2.75, 3.05) is 0 Å². The van der Waals surface area contributed by atoms with E-state index in [9.17, 15) is 9.90 Å². The average Bonchev–Trinajstić information content (AvgIpc) is 2.92. The predicted octanol–water partition coefficient (Wildman–Crippen LogP) is 2.00. The molecule has 0 unspecified atom stereocenters. The molecule has 96 valence electrons. The first-order chi connectivity index (χ1) is 8.59. The number of nitrogens with one attached hydrogen (secondary N) is 1. The highest BCUT2D eigenvalue weighted by Crippen LogP contribution is 2.36. The Kier molecular flexibility index (Phi) is 2.43. The van der Waals surface area contributed by atoms with E-state index in [-0.39, 0.29) is 17.4 Å². The number of hydrogen-bond acceptors (Lipinski definition) is 3. The first kappa shape index (κ1) is 11.3. The number of fused-ring (bicyclic) bond motifs is 1. The van der Waals surface area contributed by atoms with Gasteiger partial charge >= 0.3 is 0 Å². The van der Waals surface area contributed by atoms with Crippen LogP contribution in [0, 0.1) is 13.8 Å². The smallest absolute Gasteiger partial charge is 0.258 e. The highest BCUT2D eigenvalue weighted by atomic mass is 16.3. The molecule has 0 amide bonds. The van der Waals surface area contributed by atoms with E-state index in [1.807, 2.05) is 13.8 Å². The molecule has 1 saturated carbocycles. The van der Waals surface area contributed by atoms with Crippen LogP contribution in [0.3, 0.4) is 0 Å². The second kappa shape index (κ2) is 3.86. The van der Waals surface area contributed by atoms with Crippen molar-refractivity contribution in [3.63, 3.8) is 0 Å². The first-order valence-electron chi connectivity index (χ1n) is 6.40. The topological polar surface area (TPSA) is 70.4 Å². The number of rotatable bonds is 1. The quantitative estimate of drug-likeness (QED) is 0.809. The lowest BCUT2D eigenvalue weighted by Crippen LogP contribution is -2.18. The molecule has 2 aromatic rings. The van der Waals surface area contributed by atoms with Gasteiger partial charge in [-0.3, -0.25) is 4.79 Å². The third kappa shape index (κ3) is 1.46. The van der Waals surface area contributed by atoms with E-state index in [2.05, 4.69) is 10.1 Å². The molecule has 0 saturated heterocycles. The van der Waals surface area contributed by atoms with Gasteiger partial charge < -0.3 is 10.1 Å². The van der Waals surface area contributed by atoms with Gasteiger partial charge in [-0.05, 0) is 32.6 Å². The maximum Gasteiger partial charge on any atom is 0.258 e. The van der Waals surface area contributed by atoms with Crippen LogP contribution < -0.4 is 5.56 Å². The molecule has 0 spiro atoms. The minimum Gasteiger partial charge on any atom is -0.493 e. The van der Waals surface area contributed by atoms with Crippen LogP contribution >= 0.6 is 0 Å². The maximum absolute atomic E-state index is 12.1. The van der Waals surface area contributed by atoms with E-state index in [0.29, 0.717) is 11.2 Å². The normalized spacial score (nSPS) is 16.8. The van der Waals surface area contributed by atoms with Gasteiger partial charge in [-0.1, -0.05) is 12.8 Å². The number of aryl methyl sites for hydroxylation is 2. The van der Waals surface area contributed by atoms with Gasteiger partial charge in [0.15, 0.2) is 0 Å². The average molecular weight is 247 g/mol. The minimum atomic E-state index is -0.171. The molecule has 5 heteroatoms. The molecule has 2 heterocycles. The molecule has 0 atom stereocenters. The molecule has 2 N–H and O–H groups in total. The Balaban J connectivity index is 2.30. The first-order valence-corrected chi connectivity index (χ1v) is 6.40. The molecular formula is C13H17N3O2. The van der Waals surface area contributed by atoms with Crippen molar-refractivity contribution in [3.05, 3.63) is 27.2 Å². The van der Waals surface area contributed by atoms with Crippen LogP contribution in [-0.2, 0) is 0 Å². The highest BCUT2D eigenvalue weighted by Gasteiger charge is 2.26. The van der Waals surface area contributed by atoms with Gasteiger partial charge in [0.25, 0.3) is 5.56 Å². The lowest BCUT2D eigenvalue weighted by molar-refractivity contribution is 0.419. The van der Waals surface area contributed by atoms with Crippen molar-refractivity contribution >= 4 is 5.65 Å². The van der Waals surface area contributed by atoms with Crippen LogP contribution in [0.5, 0.6) is 5.88 Å². The van der Waals surface area contributed by atoms with Crippen LogP contribution in [0.15, 0.2) is 4.79 Å². The Morgan fingerprint density at radius 1 is 1.33 bits per heavy atom. The monoisotopic (exact) mass is 247 g/mol. The summed E-state index contributed by atoms with van der Waals surface area (Å²) in [7, 11) is 0.